The van der Waals surface area contributed by atoms with Gasteiger partial charge in [0.05, 0.1) is 0 Å². The Balaban J connectivity index is 1.70. The van der Waals surface area contributed by atoms with Gasteiger partial charge in [0.15, 0.2) is 0 Å². The molecule has 106 valence electrons. The molecule has 0 atom stereocenters. The van der Waals surface area contributed by atoms with E-state index in [2.05, 4.69) is 38.8 Å². The molecule has 5 nitrogen and oxygen atoms in total. The van der Waals surface area contributed by atoms with Crippen LogP contribution < -0.4 is 4.90 Å². The van der Waals surface area contributed by atoms with Gasteiger partial charge in [0, 0.05) is 51.7 Å². The molecule has 0 N–H and O–H groups in total. The molecule has 1 saturated heterocycles. The van der Waals surface area contributed by atoms with E-state index in [0.717, 1.165) is 24.6 Å². The first kappa shape index (κ1) is 14.2. The van der Waals surface area contributed by atoms with Gasteiger partial charge in [-0.05, 0) is 33.0 Å². The normalized spacial score (nSPS) is 17.6. The first-order valence-corrected chi connectivity index (χ1v) is 7.07. The smallest absolute Gasteiger partial charge is 0.225 e. The first-order valence-electron chi connectivity index (χ1n) is 7.07. The SMILES string of the molecule is Cc1ccnc(N(C)CCCN2CCN(C)CC2)n1. The van der Waals surface area contributed by atoms with Crippen molar-refractivity contribution in [2.75, 3.05) is 58.3 Å². The number of hydrogen-bond donors (Lipinski definition) is 0. The molecular weight excluding hydrogens is 238 g/mol. The lowest BCUT2D eigenvalue weighted by molar-refractivity contribution is 0.153. The molecular formula is C14H25N5. The number of aromatic nitrogens is 2. The Morgan fingerprint density at radius 3 is 2.68 bits per heavy atom. The van der Waals surface area contributed by atoms with Crippen LogP contribution in [0.15, 0.2) is 12.3 Å². The summed E-state index contributed by atoms with van der Waals surface area (Å²) >= 11 is 0. The minimum Gasteiger partial charge on any atom is -0.344 e. The van der Waals surface area contributed by atoms with Crippen molar-refractivity contribution >= 4 is 5.95 Å². The number of piperazine rings is 1. The molecule has 0 aromatic carbocycles. The van der Waals surface area contributed by atoms with Crippen LogP contribution in [0.5, 0.6) is 0 Å². The third-order valence-electron chi connectivity index (χ3n) is 3.69. The fourth-order valence-electron chi connectivity index (χ4n) is 2.32. The van der Waals surface area contributed by atoms with Crippen LogP contribution in [0.4, 0.5) is 5.95 Å². The number of aryl methyl sites for hydroxylation is 1. The standard InChI is InChI=1S/C14H25N5/c1-13-5-6-15-14(16-13)18(3)7-4-8-19-11-9-17(2)10-12-19/h5-6H,4,7-12H2,1-3H3. The van der Waals surface area contributed by atoms with Crippen molar-refractivity contribution < 1.29 is 0 Å². The van der Waals surface area contributed by atoms with Crippen LogP contribution in [0, 0.1) is 6.92 Å². The van der Waals surface area contributed by atoms with E-state index in [4.69, 9.17) is 0 Å². The van der Waals surface area contributed by atoms with E-state index in [0.29, 0.717) is 0 Å². The molecule has 2 rings (SSSR count). The monoisotopic (exact) mass is 263 g/mol. The zero-order valence-electron chi connectivity index (χ0n) is 12.3. The maximum atomic E-state index is 4.44. The molecule has 0 bridgehead atoms. The second-order valence-corrected chi connectivity index (χ2v) is 5.42. The molecule has 1 aromatic rings. The lowest BCUT2D eigenvalue weighted by Crippen LogP contribution is -2.45. The molecule has 0 radical (unpaired) electrons. The fraction of sp³-hybridized carbons (Fsp3) is 0.714. The fourth-order valence-corrected chi connectivity index (χ4v) is 2.32. The maximum absolute atomic E-state index is 4.44. The van der Waals surface area contributed by atoms with Crippen molar-refractivity contribution in [3.8, 4) is 0 Å². The van der Waals surface area contributed by atoms with Crippen LogP contribution in [-0.4, -0.2) is 73.1 Å². The molecule has 1 aromatic heterocycles. The summed E-state index contributed by atoms with van der Waals surface area (Å²) in [6, 6.07) is 1.93. The van der Waals surface area contributed by atoms with E-state index in [1.807, 2.05) is 19.2 Å². The highest BCUT2D eigenvalue weighted by Gasteiger charge is 2.13. The predicted octanol–water partition coefficient (Wildman–Crippen LogP) is 0.859. The topological polar surface area (TPSA) is 35.5 Å². The van der Waals surface area contributed by atoms with Crippen LogP contribution >= 0.6 is 0 Å². The Hall–Kier alpha value is -1.20. The number of hydrogen-bond acceptors (Lipinski definition) is 5. The summed E-state index contributed by atoms with van der Waals surface area (Å²) in [6.07, 6.45) is 2.99. The molecule has 0 unspecified atom stereocenters. The van der Waals surface area contributed by atoms with E-state index in [1.54, 1.807) is 0 Å². The third kappa shape index (κ3) is 4.44. The van der Waals surface area contributed by atoms with E-state index in [1.165, 1.54) is 32.7 Å². The van der Waals surface area contributed by atoms with Gasteiger partial charge in [0.25, 0.3) is 0 Å². The quantitative estimate of drug-likeness (QED) is 0.787. The van der Waals surface area contributed by atoms with E-state index in [9.17, 15) is 0 Å². The molecule has 19 heavy (non-hydrogen) atoms. The highest BCUT2D eigenvalue weighted by Crippen LogP contribution is 2.06. The average Bonchev–Trinajstić information content (AvgIpc) is 2.41. The van der Waals surface area contributed by atoms with Gasteiger partial charge in [-0.15, -0.1) is 0 Å². The summed E-state index contributed by atoms with van der Waals surface area (Å²) in [5, 5.41) is 0. The van der Waals surface area contributed by atoms with Gasteiger partial charge in [-0.25, -0.2) is 9.97 Å². The molecule has 1 aliphatic rings. The predicted molar refractivity (Wildman–Crippen MR) is 78.6 cm³/mol. The summed E-state index contributed by atoms with van der Waals surface area (Å²) in [7, 11) is 4.26. The number of nitrogens with zero attached hydrogens (tertiary/aromatic N) is 5. The zero-order valence-corrected chi connectivity index (χ0v) is 12.3. The third-order valence-corrected chi connectivity index (χ3v) is 3.69. The van der Waals surface area contributed by atoms with Crippen LogP contribution in [-0.2, 0) is 0 Å². The minimum absolute atomic E-state index is 0.832. The van der Waals surface area contributed by atoms with Crippen LogP contribution in [0.25, 0.3) is 0 Å². The molecule has 0 amide bonds. The summed E-state index contributed by atoms with van der Waals surface area (Å²) in [5.74, 6) is 0.832. The van der Waals surface area contributed by atoms with Gasteiger partial charge < -0.3 is 14.7 Å². The number of likely N-dealkylation sites (N-methyl/N-ethyl adjacent to an activating group) is 1. The Kier molecular flexibility index (Phi) is 5.10. The van der Waals surface area contributed by atoms with E-state index < -0.39 is 0 Å². The molecule has 0 saturated carbocycles. The van der Waals surface area contributed by atoms with E-state index >= 15 is 0 Å². The van der Waals surface area contributed by atoms with Gasteiger partial charge in [0.1, 0.15) is 0 Å². The Morgan fingerprint density at radius 2 is 2.00 bits per heavy atom. The summed E-state index contributed by atoms with van der Waals surface area (Å²) in [5.41, 5.74) is 1.02. The van der Waals surface area contributed by atoms with Crippen molar-refractivity contribution in [3.63, 3.8) is 0 Å². The van der Waals surface area contributed by atoms with Crippen molar-refractivity contribution in [2.45, 2.75) is 13.3 Å². The highest BCUT2D eigenvalue weighted by atomic mass is 15.3. The van der Waals surface area contributed by atoms with Crippen LogP contribution in [0.1, 0.15) is 12.1 Å². The highest BCUT2D eigenvalue weighted by molar-refractivity contribution is 5.28. The largest absolute Gasteiger partial charge is 0.344 e. The van der Waals surface area contributed by atoms with Crippen LogP contribution in [0.2, 0.25) is 0 Å². The molecule has 1 aliphatic heterocycles. The van der Waals surface area contributed by atoms with Gasteiger partial charge in [-0.1, -0.05) is 0 Å². The number of rotatable bonds is 5. The Morgan fingerprint density at radius 1 is 1.26 bits per heavy atom. The maximum Gasteiger partial charge on any atom is 0.225 e. The summed E-state index contributed by atoms with van der Waals surface area (Å²) in [6.45, 7) is 8.96. The molecule has 0 aliphatic carbocycles. The second-order valence-electron chi connectivity index (χ2n) is 5.42. The zero-order chi connectivity index (χ0) is 13.7. The van der Waals surface area contributed by atoms with Crippen molar-refractivity contribution in [2.24, 2.45) is 0 Å². The summed E-state index contributed by atoms with van der Waals surface area (Å²) in [4.78, 5) is 15.8. The van der Waals surface area contributed by atoms with Gasteiger partial charge in [0.2, 0.25) is 5.95 Å². The minimum atomic E-state index is 0.832. The van der Waals surface area contributed by atoms with Crippen LogP contribution in [0.3, 0.4) is 0 Å². The van der Waals surface area contributed by atoms with Crippen molar-refractivity contribution in [1.82, 2.24) is 19.8 Å². The van der Waals surface area contributed by atoms with Gasteiger partial charge in [-0.3, -0.25) is 0 Å². The first-order chi connectivity index (χ1) is 9.15. The molecule has 5 heteroatoms. The summed E-state index contributed by atoms with van der Waals surface area (Å²) < 4.78 is 0. The Bertz CT molecular complexity index is 387. The molecule has 1 fully saturated rings. The van der Waals surface area contributed by atoms with Gasteiger partial charge >= 0.3 is 0 Å². The lowest BCUT2D eigenvalue weighted by atomic mass is 10.3. The van der Waals surface area contributed by atoms with Gasteiger partial charge in [-0.2, -0.15) is 0 Å². The molecule has 2 heterocycles. The lowest BCUT2D eigenvalue weighted by Gasteiger charge is -2.32. The Labute approximate surface area is 116 Å². The second kappa shape index (κ2) is 6.82. The van der Waals surface area contributed by atoms with Crippen molar-refractivity contribution in [3.05, 3.63) is 18.0 Å². The molecule has 0 spiro atoms. The average molecular weight is 263 g/mol. The van der Waals surface area contributed by atoms with Crippen molar-refractivity contribution in [1.29, 1.82) is 0 Å². The number of anilines is 1. The van der Waals surface area contributed by atoms with E-state index in [-0.39, 0.29) is 0 Å².